The number of halogens is 3. The Morgan fingerprint density at radius 3 is 2.06 bits per heavy atom. The molecule has 0 heterocycles. The van der Waals surface area contributed by atoms with Gasteiger partial charge in [-0.25, -0.2) is 13.6 Å². The minimum absolute atomic E-state index is 0.00833. The van der Waals surface area contributed by atoms with Crippen LogP contribution in [0.15, 0.2) is 24.3 Å². The smallest absolute Gasteiger partial charge is 0.337 e. The maximum atomic E-state index is 12.9. The van der Waals surface area contributed by atoms with Crippen molar-refractivity contribution in [2.45, 2.75) is 0 Å². The molecule has 0 saturated carbocycles. The van der Waals surface area contributed by atoms with Gasteiger partial charge in [-0.3, -0.25) is 0 Å². The molecule has 2 rings (SSSR count). The van der Waals surface area contributed by atoms with E-state index in [0.29, 0.717) is 10.8 Å². The third-order valence-electron chi connectivity index (χ3n) is 2.20. The fourth-order valence-electron chi connectivity index (χ4n) is 1.43. The average Bonchev–Trinajstić information content (AvgIpc) is 2.19. The topological polar surface area (TPSA) is 37.3 Å². The van der Waals surface area contributed by atoms with Crippen LogP contribution in [-0.4, -0.2) is 11.1 Å². The second-order valence-electron chi connectivity index (χ2n) is 3.25. The summed E-state index contributed by atoms with van der Waals surface area (Å²) in [6.07, 6.45) is 0. The van der Waals surface area contributed by atoms with Crippen LogP contribution in [0.4, 0.5) is 8.78 Å². The first-order valence-corrected chi connectivity index (χ1v) is 4.68. The van der Waals surface area contributed by atoms with Gasteiger partial charge in [0.25, 0.3) is 0 Å². The van der Waals surface area contributed by atoms with Crippen LogP contribution in [0, 0.1) is 11.6 Å². The van der Waals surface area contributed by atoms with E-state index in [4.69, 9.17) is 16.7 Å². The molecule has 0 aromatic heterocycles. The van der Waals surface area contributed by atoms with Crippen molar-refractivity contribution in [1.29, 1.82) is 0 Å². The molecular weight excluding hydrogens is 238 g/mol. The zero-order chi connectivity index (χ0) is 11.9. The van der Waals surface area contributed by atoms with Gasteiger partial charge in [0.1, 0.15) is 0 Å². The summed E-state index contributed by atoms with van der Waals surface area (Å²) in [7, 11) is 0. The molecule has 2 aromatic carbocycles. The highest BCUT2D eigenvalue weighted by atomic mass is 35.5. The number of hydrogen-bond donors (Lipinski definition) is 1. The van der Waals surface area contributed by atoms with Gasteiger partial charge < -0.3 is 5.11 Å². The van der Waals surface area contributed by atoms with E-state index in [1.807, 2.05) is 0 Å². The molecule has 0 radical (unpaired) electrons. The first-order valence-electron chi connectivity index (χ1n) is 4.30. The van der Waals surface area contributed by atoms with E-state index in [2.05, 4.69) is 0 Å². The lowest BCUT2D eigenvalue weighted by Gasteiger charge is -2.03. The summed E-state index contributed by atoms with van der Waals surface area (Å²) in [5.41, 5.74) is -0.139. The number of benzene rings is 2. The SMILES string of the molecule is O=C(O)c1cc2cc(F)c(F)cc2cc1Cl. The Hall–Kier alpha value is -1.68. The molecule has 0 fully saturated rings. The first-order chi connectivity index (χ1) is 7.49. The summed E-state index contributed by atoms with van der Waals surface area (Å²) in [5.74, 6) is -3.23. The molecule has 0 amide bonds. The molecule has 0 unspecified atom stereocenters. The Morgan fingerprint density at radius 1 is 1.06 bits per heavy atom. The van der Waals surface area contributed by atoms with Gasteiger partial charge in [0.05, 0.1) is 10.6 Å². The lowest BCUT2D eigenvalue weighted by molar-refractivity contribution is 0.0697. The number of carboxylic acid groups (broad SMARTS) is 1. The molecule has 0 aliphatic rings. The Morgan fingerprint density at radius 2 is 1.56 bits per heavy atom. The Bertz CT molecular complexity index is 596. The monoisotopic (exact) mass is 242 g/mol. The van der Waals surface area contributed by atoms with Gasteiger partial charge in [-0.05, 0) is 35.0 Å². The molecule has 0 atom stereocenters. The van der Waals surface area contributed by atoms with Gasteiger partial charge in [0, 0.05) is 0 Å². The molecule has 0 saturated heterocycles. The maximum absolute atomic E-state index is 12.9. The third-order valence-corrected chi connectivity index (χ3v) is 2.51. The van der Waals surface area contributed by atoms with Crippen LogP contribution in [0.1, 0.15) is 10.4 Å². The van der Waals surface area contributed by atoms with Crippen molar-refractivity contribution < 1.29 is 18.7 Å². The fourth-order valence-corrected chi connectivity index (χ4v) is 1.68. The minimum atomic E-state index is -1.21. The predicted molar refractivity (Wildman–Crippen MR) is 55.8 cm³/mol. The first kappa shape index (κ1) is 10.8. The predicted octanol–water partition coefficient (Wildman–Crippen LogP) is 3.47. The van der Waals surface area contributed by atoms with Crippen LogP contribution in [0.5, 0.6) is 0 Å². The van der Waals surface area contributed by atoms with E-state index < -0.39 is 17.6 Å². The standard InChI is InChI=1S/C11H5ClF2O2/c12-8-2-6-4-10(14)9(13)3-5(6)1-7(8)11(15)16/h1-4H,(H,15,16). The van der Waals surface area contributed by atoms with E-state index >= 15 is 0 Å². The average molecular weight is 243 g/mol. The lowest BCUT2D eigenvalue weighted by atomic mass is 10.1. The quantitative estimate of drug-likeness (QED) is 0.831. The zero-order valence-electron chi connectivity index (χ0n) is 7.80. The summed E-state index contributed by atoms with van der Waals surface area (Å²) in [4.78, 5) is 10.8. The van der Waals surface area contributed by atoms with Crippen molar-refractivity contribution in [2.75, 3.05) is 0 Å². The van der Waals surface area contributed by atoms with Gasteiger partial charge in [-0.15, -0.1) is 0 Å². The van der Waals surface area contributed by atoms with Crippen LogP contribution in [0.25, 0.3) is 10.8 Å². The second kappa shape index (κ2) is 3.72. The zero-order valence-corrected chi connectivity index (χ0v) is 8.55. The summed E-state index contributed by atoms with van der Waals surface area (Å²) >= 11 is 5.69. The van der Waals surface area contributed by atoms with Gasteiger partial charge in [0.15, 0.2) is 11.6 Å². The molecule has 0 spiro atoms. The molecule has 0 aliphatic heterocycles. The van der Waals surface area contributed by atoms with Crippen LogP contribution in [-0.2, 0) is 0 Å². The van der Waals surface area contributed by atoms with Crippen LogP contribution in [0.2, 0.25) is 5.02 Å². The van der Waals surface area contributed by atoms with E-state index in [9.17, 15) is 13.6 Å². The lowest BCUT2D eigenvalue weighted by Crippen LogP contribution is -1.97. The van der Waals surface area contributed by atoms with E-state index in [1.54, 1.807) is 0 Å². The molecule has 2 nitrogen and oxygen atoms in total. The number of rotatable bonds is 1. The van der Waals surface area contributed by atoms with Gasteiger partial charge in [0.2, 0.25) is 0 Å². The number of hydrogen-bond acceptors (Lipinski definition) is 1. The van der Waals surface area contributed by atoms with Crippen molar-refractivity contribution in [3.05, 3.63) is 46.5 Å². The highest BCUT2D eigenvalue weighted by Gasteiger charge is 2.12. The van der Waals surface area contributed by atoms with E-state index in [1.165, 1.54) is 12.1 Å². The molecule has 0 bridgehead atoms. The van der Waals surface area contributed by atoms with Crippen molar-refractivity contribution >= 4 is 28.3 Å². The van der Waals surface area contributed by atoms with E-state index in [-0.39, 0.29) is 10.6 Å². The maximum Gasteiger partial charge on any atom is 0.337 e. The number of fused-ring (bicyclic) bond motifs is 1. The molecular formula is C11H5ClF2O2. The molecule has 82 valence electrons. The van der Waals surface area contributed by atoms with Crippen molar-refractivity contribution in [2.24, 2.45) is 0 Å². The summed E-state index contributed by atoms with van der Waals surface area (Å²) in [6.45, 7) is 0. The molecule has 2 aromatic rings. The Labute approximate surface area is 94.1 Å². The normalized spacial score (nSPS) is 10.7. The summed E-state index contributed by atoms with van der Waals surface area (Å²) in [5, 5.41) is 9.44. The largest absolute Gasteiger partial charge is 0.478 e. The highest BCUT2D eigenvalue weighted by Crippen LogP contribution is 2.26. The fraction of sp³-hybridized carbons (Fsp3) is 0. The summed E-state index contributed by atoms with van der Waals surface area (Å²) in [6, 6.07) is 4.42. The van der Waals surface area contributed by atoms with Crippen LogP contribution in [0.3, 0.4) is 0 Å². The third kappa shape index (κ3) is 1.72. The molecule has 16 heavy (non-hydrogen) atoms. The van der Waals surface area contributed by atoms with Crippen molar-refractivity contribution in [1.82, 2.24) is 0 Å². The van der Waals surface area contributed by atoms with Crippen LogP contribution < -0.4 is 0 Å². The Balaban J connectivity index is 2.79. The van der Waals surface area contributed by atoms with Gasteiger partial charge >= 0.3 is 5.97 Å². The van der Waals surface area contributed by atoms with Crippen LogP contribution >= 0.6 is 11.6 Å². The number of carbonyl (C=O) groups is 1. The molecule has 0 aliphatic carbocycles. The molecule has 5 heteroatoms. The van der Waals surface area contributed by atoms with Gasteiger partial charge in [-0.1, -0.05) is 11.6 Å². The highest BCUT2D eigenvalue weighted by molar-refractivity contribution is 6.34. The van der Waals surface area contributed by atoms with E-state index in [0.717, 1.165) is 12.1 Å². The second-order valence-corrected chi connectivity index (χ2v) is 3.66. The summed E-state index contributed by atoms with van der Waals surface area (Å²) < 4.78 is 25.8. The minimum Gasteiger partial charge on any atom is -0.478 e. The van der Waals surface area contributed by atoms with Crippen molar-refractivity contribution in [3.63, 3.8) is 0 Å². The van der Waals surface area contributed by atoms with Gasteiger partial charge in [-0.2, -0.15) is 0 Å². The number of carboxylic acids is 1. The molecule has 1 N–H and O–H groups in total. The Kier molecular flexibility index (Phi) is 2.52. The van der Waals surface area contributed by atoms with Crippen molar-refractivity contribution in [3.8, 4) is 0 Å². The number of aromatic carboxylic acids is 1.